The van der Waals surface area contributed by atoms with Gasteiger partial charge in [0.2, 0.25) is 0 Å². The van der Waals surface area contributed by atoms with Crippen molar-refractivity contribution in [1.82, 2.24) is 0 Å². The summed E-state index contributed by atoms with van der Waals surface area (Å²) in [6.07, 6.45) is 0.335. The third-order valence-electron chi connectivity index (χ3n) is 3.39. The Morgan fingerprint density at radius 2 is 1.74 bits per heavy atom. The molecule has 1 aromatic carbocycles. The van der Waals surface area contributed by atoms with Gasteiger partial charge in [-0.2, -0.15) is 0 Å². The number of carbonyl (C=O) groups is 2. The minimum absolute atomic E-state index is 0.315. The summed E-state index contributed by atoms with van der Waals surface area (Å²) in [6, 6.07) is 3.06. The van der Waals surface area contributed by atoms with Crippen molar-refractivity contribution in [3.8, 4) is 0 Å². The molecule has 19 heavy (non-hydrogen) atoms. The van der Waals surface area contributed by atoms with Crippen LogP contribution in [0.15, 0.2) is 12.1 Å². The molecule has 0 saturated heterocycles. The Hall–Kier alpha value is -1.06. The van der Waals surface area contributed by atoms with E-state index in [1.807, 2.05) is 0 Å². The van der Waals surface area contributed by atoms with Crippen LogP contribution in [-0.4, -0.2) is 18.9 Å². The van der Waals surface area contributed by atoms with E-state index in [9.17, 15) is 9.59 Å². The minimum Gasteiger partial charge on any atom is -0.468 e. The van der Waals surface area contributed by atoms with Gasteiger partial charge in [0.1, 0.15) is 5.41 Å². The number of esters is 1. The van der Waals surface area contributed by atoms with Gasteiger partial charge in [-0.3, -0.25) is 9.59 Å². The third kappa shape index (κ3) is 2.93. The zero-order valence-corrected chi connectivity index (χ0v) is 12.9. The third-order valence-corrected chi connectivity index (χ3v) is 4.17. The lowest BCUT2D eigenvalue weighted by atomic mass is 9.80. The molecule has 104 valence electrons. The SMILES string of the molecule is CCC(C)(C(=O)OC)C(=O)c1cc(Cl)c(C)c(Cl)c1. The zero-order valence-electron chi connectivity index (χ0n) is 11.3. The van der Waals surface area contributed by atoms with Crippen LogP contribution in [0.4, 0.5) is 0 Å². The summed E-state index contributed by atoms with van der Waals surface area (Å²) >= 11 is 12.0. The fraction of sp³-hybridized carbons (Fsp3) is 0.429. The molecule has 5 heteroatoms. The highest BCUT2D eigenvalue weighted by molar-refractivity contribution is 6.36. The predicted molar refractivity (Wildman–Crippen MR) is 75.9 cm³/mol. The number of methoxy groups -OCH3 is 1. The number of ketones is 1. The molecule has 0 heterocycles. The molecule has 1 rings (SSSR count). The van der Waals surface area contributed by atoms with Crippen LogP contribution in [0, 0.1) is 12.3 Å². The van der Waals surface area contributed by atoms with E-state index in [1.54, 1.807) is 20.8 Å². The number of halogens is 2. The van der Waals surface area contributed by atoms with Crippen molar-refractivity contribution in [2.24, 2.45) is 5.41 Å². The van der Waals surface area contributed by atoms with E-state index in [-0.39, 0.29) is 5.78 Å². The molecule has 0 fully saturated rings. The van der Waals surface area contributed by atoms with E-state index in [0.717, 1.165) is 0 Å². The van der Waals surface area contributed by atoms with Crippen molar-refractivity contribution in [2.75, 3.05) is 7.11 Å². The van der Waals surface area contributed by atoms with Gasteiger partial charge in [0, 0.05) is 15.6 Å². The lowest BCUT2D eigenvalue weighted by Gasteiger charge is -2.23. The first kappa shape index (κ1) is 16.0. The minimum atomic E-state index is -1.23. The molecule has 0 bridgehead atoms. The van der Waals surface area contributed by atoms with Crippen LogP contribution < -0.4 is 0 Å². The smallest absolute Gasteiger partial charge is 0.319 e. The van der Waals surface area contributed by atoms with Crippen molar-refractivity contribution in [1.29, 1.82) is 0 Å². The highest BCUT2D eigenvalue weighted by Crippen LogP contribution is 2.32. The van der Waals surface area contributed by atoms with E-state index >= 15 is 0 Å². The molecule has 0 aliphatic rings. The van der Waals surface area contributed by atoms with Gasteiger partial charge < -0.3 is 4.74 Å². The number of hydrogen-bond acceptors (Lipinski definition) is 3. The molecule has 0 spiro atoms. The fourth-order valence-electron chi connectivity index (χ4n) is 1.72. The molecular weight excluding hydrogens is 287 g/mol. The molecule has 0 radical (unpaired) electrons. The van der Waals surface area contributed by atoms with Gasteiger partial charge in [-0.05, 0) is 38.0 Å². The zero-order chi connectivity index (χ0) is 14.8. The topological polar surface area (TPSA) is 43.4 Å². The van der Waals surface area contributed by atoms with Gasteiger partial charge in [-0.15, -0.1) is 0 Å². The number of hydrogen-bond donors (Lipinski definition) is 0. The number of Topliss-reactive ketones (excluding diaryl/α,β-unsaturated/α-hetero) is 1. The maximum atomic E-state index is 12.5. The maximum Gasteiger partial charge on any atom is 0.319 e. The molecule has 1 aromatic rings. The van der Waals surface area contributed by atoms with Crippen molar-refractivity contribution in [2.45, 2.75) is 27.2 Å². The molecule has 0 saturated carbocycles. The second-order valence-electron chi connectivity index (χ2n) is 4.57. The second-order valence-corrected chi connectivity index (χ2v) is 5.39. The van der Waals surface area contributed by atoms with E-state index < -0.39 is 11.4 Å². The Kier molecular flexibility index (Phi) is 4.99. The average molecular weight is 303 g/mol. The molecule has 1 atom stereocenters. The lowest BCUT2D eigenvalue weighted by molar-refractivity contribution is -0.148. The van der Waals surface area contributed by atoms with Crippen molar-refractivity contribution in [3.63, 3.8) is 0 Å². The Balaban J connectivity index is 3.30. The summed E-state index contributed by atoms with van der Waals surface area (Å²) < 4.78 is 4.71. The van der Waals surface area contributed by atoms with Gasteiger partial charge in [-0.25, -0.2) is 0 Å². The van der Waals surface area contributed by atoms with Crippen LogP contribution in [0.3, 0.4) is 0 Å². The lowest BCUT2D eigenvalue weighted by Crippen LogP contribution is -2.37. The van der Waals surface area contributed by atoms with Crippen LogP contribution in [0.1, 0.15) is 36.2 Å². The summed E-state index contributed by atoms with van der Waals surface area (Å²) in [5.41, 5.74) is -0.206. The fourth-order valence-corrected chi connectivity index (χ4v) is 2.20. The van der Waals surface area contributed by atoms with Crippen molar-refractivity contribution >= 4 is 35.0 Å². The molecular formula is C14H16Cl2O3. The Morgan fingerprint density at radius 1 is 1.26 bits per heavy atom. The quantitative estimate of drug-likeness (QED) is 0.478. The standard InChI is InChI=1S/C14H16Cl2O3/c1-5-14(3,13(18)19-4)12(17)9-6-10(15)8(2)11(16)7-9/h6-7H,5H2,1-4H3. The van der Waals surface area contributed by atoms with Gasteiger partial charge in [-0.1, -0.05) is 30.1 Å². The first-order valence-corrected chi connectivity index (χ1v) is 6.62. The Morgan fingerprint density at radius 3 is 2.11 bits per heavy atom. The predicted octanol–water partition coefficient (Wildman–Crippen LogP) is 4.07. The summed E-state index contributed by atoms with van der Waals surface area (Å²) in [5.74, 6) is -0.904. The molecule has 1 unspecified atom stereocenters. The summed E-state index contributed by atoms with van der Waals surface area (Å²) in [7, 11) is 1.26. The molecule has 0 N–H and O–H groups in total. The normalized spacial score (nSPS) is 13.8. The van der Waals surface area contributed by atoms with E-state index in [1.165, 1.54) is 19.2 Å². The van der Waals surface area contributed by atoms with E-state index in [4.69, 9.17) is 27.9 Å². The Bertz CT molecular complexity index is 502. The van der Waals surface area contributed by atoms with Crippen molar-refractivity contribution < 1.29 is 14.3 Å². The highest BCUT2D eigenvalue weighted by atomic mass is 35.5. The van der Waals surface area contributed by atoms with Crippen LogP contribution >= 0.6 is 23.2 Å². The first-order chi connectivity index (χ1) is 8.77. The summed E-state index contributed by atoms with van der Waals surface area (Å²) in [5, 5.41) is 0.804. The molecule has 0 aromatic heterocycles. The Labute approximate surface area is 122 Å². The second kappa shape index (κ2) is 5.93. The molecule has 0 aliphatic carbocycles. The van der Waals surface area contributed by atoms with Crippen molar-refractivity contribution in [3.05, 3.63) is 33.3 Å². The first-order valence-electron chi connectivity index (χ1n) is 5.86. The van der Waals surface area contributed by atoms with Gasteiger partial charge in [0.25, 0.3) is 0 Å². The highest BCUT2D eigenvalue weighted by Gasteiger charge is 2.41. The number of benzene rings is 1. The van der Waals surface area contributed by atoms with Crippen LogP contribution in [-0.2, 0) is 9.53 Å². The maximum absolute atomic E-state index is 12.5. The van der Waals surface area contributed by atoms with Crippen LogP contribution in [0.5, 0.6) is 0 Å². The monoisotopic (exact) mass is 302 g/mol. The summed E-state index contributed by atoms with van der Waals surface area (Å²) in [6.45, 7) is 5.08. The largest absolute Gasteiger partial charge is 0.468 e. The van der Waals surface area contributed by atoms with Gasteiger partial charge >= 0.3 is 5.97 Å². The van der Waals surface area contributed by atoms with Gasteiger partial charge in [0.05, 0.1) is 7.11 Å². The van der Waals surface area contributed by atoms with Crippen LogP contribution in [0.25, 0.3) is 0 Å². The van der Waals surface area contributed by atoms with Crippen LogP contribution in [0.2, 0.25) is 10.0 Å². The molecule has 0 aliphatic heterocycles. The number of rotatable bonds is 4. The van der Waals surface area contributed by atoms with Gasteiger partial charge in [0.15, 0.2) is 5.78 Å². The van der Waals surface area contributed by atoms with E-state index in [0.29, 0.717) is 27.6 Å². The molecule has 0 amide bonds. The molecule has 3 nitrogen and oxygen atoms in total. The number of ether oxygens (including phenoxy) is 1. The average Bonchev–Trinajstić information content (AvgIpc) is 2.41. The van der Waals surface area contributed by atoms with E-state index in [2.05, 4.69) is 0 Å². The number of carbonyl (C=O) groups excluding carboxylic acids is 2. The summed E-state index contributed by atoms with van der Waals surface area (Å²) in [4.78, 5) is 24.3.